The first-order valence-electron chi connectivity index (χ1n) is 20.1. The number of para-hydroxylation sites is 3. The Hall–Kier alpha value is -5.86. The third-order valence-electron chi connectivity index (χ3n) is 8.46. The summed E-state index contributed by atoms with van der Waals surface area (Å²) in [6.07, 6.45) is 0. The lowest BCUT2D eigenvalue weighted by Crippen LogP contribution is -2.34. The lowest BCUT2D eigenvalue weighted by Gasteiger charge is -2.41. The minimum atomic E-state index is -1.74. The summed E-state index contributed by atoms with van der Waals surface area (Å²) < 4.78 is 110. The van der Waals surface area contributed by atoms with Gasteiger partial charge in [0.25, 0.3) is 0 Å². The van der Waals surface area contributed by atoms with Crippen molar-refractivity contribution in [1.82, 2.24) is 4.57 Å². The maximum atomic E-state index is 10.1. The lowest BCUT2D eigenvalue weighted by molar-refractivity contribution is 0.434. The minimum absolute atomic E-state index is 0.00386. The largest absolute Gasteiger partial charge is 0.457 e. The molecule has 2 heterocycles. The van der Waals surface area contributed by atoms with Gasteiger partial charge in [-0.3, -0.25) is 0 Å². The van der Waals surface area contributed by atoms with Crippen molar-refractivity contribution in [3.63, 3.8) is 0 Å². The van der Waals surface area contributed by atoms with Gasteiger partial charge in [-0.2, -0.15) is 0 Å². The van der Waals surface area contributed by atoms with Crippen LogP contribution in [0.5, 0.6) is 11.5 Å². The monoisotopic (exact) mass is 586 g/mol. The fourth-order valence-electron chi connectivity index (χ4n) is 6.58. The minimum Gasteiger partial charge on any atom is -0.457 e. The number of hydrogen-bond donors (Lipinski definition) is 0. The Morgan fingerprint density at radius 1 is 0.489 bits per heavy atom. The first-order chi connectivity index (χ1) is 26.9. The van der Waals surface area contributed by atoms with Crippen LogP contribution < -0.4 is 4.74 Å². The molecule has 0 fully saturated rings. The summed E-state index contributed by atoms with van der Waals surface area (Å²) >= 11 is 0. The van der Waals surface area contributed by atoms with E-state index in [1.165, 1.54) is 0 Å². The van der Waals surface area contributed by atoms with Crippen LogP contribution in [0.25, 0.3) is 38.6 Å². The molecule has 1 aliphatic rings. The molecule has 0 spiro atoms. The summed E-state index contributed by atoms with van der Waals surface area (Å²) in [4.78, 5) is 0. The van der Waals surface area contributed by atoms with Crippen LogP contribution >= 0.6 is 0 Å². The van der Waals surface area contributed by atoms with Crippen LogP contribution in [0.1, 0.15) is 37.3 Å². The van der Waals surface area contributed by atoms with E-state index in [2.05, 4.69) is 0 Å². The fourth-order valence-corrected chi connectivity index (χ4v) is 6.58. The molecule has 0 saturated heterocycles. The third-order valence-corrected chi connectivity index (χ3v) is 8.46. The first-order valence-corrected chi connectivity index (χ1v) is 14.6. The fraction of sp³-hybridized carbons (Fsp3) is 0.0233. The van der Waals surface area contributed by atoms with E-state index < -0.39 is 71.9 Å². The van der Waals surface area contributed by atoms with Gasteiger partial charge < -0.3 is 9.30 Å². The van der Waals surface area contributed by atoms with Gasteiger partial charge in [-0.1, -0.05) is 133 Å². The molecule has 0 saturated carbocycles. The van der Waals surface area contributed by atoms with Crippen LogP contribution in [0.4, 0.5) is 0 Å². The maximum absolute atomic E-state index is 10.1. The topological polar surface area (TPSA) is 14.2 Å². The summed E-state index contributed by atoms with van der Waals surface area (Å²) in [7, 11) is 0. The van der Waals surface area contributed by atoms with Crippen LogP contribution in [-0.4, -0.2) is 4.57 Å². The summed E-state index contributed by atoms with van der Waals surface area (Å²) in [6, 6.07) is 27.1. The van der Waals surface area contributed by atoms with Crippen molar-refractivity contribution in [2.45, 2.75) is 5.41 Å². The van der Waals surface area contributed by atoms with E-state index in [-0.39, 0.29) is 39.4 Å². The zero-order valence-electron chi connectivity index (χ0n) is 34.7. The molecule has 0 N–H and O–H groups in total. The van der Waals surface area contributed by atoms with E-state index in [0.717, 1.165) is 10.8 Å². The van der Waals surface area contributed by atoms with Crippen molar-refractivity contribution >= 4 is 21.8 Å². The molecular weight excluding hydrogens is 546 g/mol. The molecule has 212 valence electrons. The van der Waals surface area contributed by atoms with Crippen LogP contribution in [-0.2, 0) is 5.41 Å². The number of benzene rings is 7. The normalized spacial score (nSPS) is 16.7. The molecule has 9 rings (SSSR count). The molecular formula is C43H29NO. The van der Waals surface area contributed by atoms with Crippen LogP contribution in [0.15, 0.2) is 176 Å². The number of ether oxygens (including phenoxy) is 1. The van der Waals surface area contributed by atoms with Gasteiger partial charge in [0, 0.05) is 27.6 Å². The Morgan fingerprint density at radius 3 is 1.76 bits per heavy atom. The predicted molar refractivity (Wildman–Crippen MR) is 185 cm³/mol. The molecule has 8 aromatic rings. The molecule has 1 aromatic heterocycles. The molecule has 0 radical (unpaired) electrons. The predicted octanol–water partition coefficient (Wildman–Crippen LogP) is 10.9. The second-order valence-electron chi connectivity index (χ2n) is 10.8. The second-order valence-corrected chi connectivity index (χ2v) is 10.8. The Labute approximate surface area is 277 Å². The molecule has 1 aliphatic heterocycles. The van der Waals surface area contributed by atoms with Crippen molar-refractivity contribution in [2.75, 3.05) is 0 Å². The average Bonchev–Trinajstić information content (AvgIpc) is 3.55. The molecule has 0 aliphatic carbocycles. The van der Waals surface area contributed by atoms with Crippen molar-refractivity contribution in [1.29, 1.82) is 0 Å². The molecule has 0 unspecified atom stereocenters. The zero-order valence-corrected chi connectivity index (χ0v) is 23.7. The third kappa shape index (κ3) is 3.82. The summed E-state index contributed by atoms with van der Waals surface area (Å²) in [6.45, 7) is 0. The van der Waals surface area contributed by atoms with Crippen molar-refractivity contribution in [3.8, 4) is 28.3 Å². The van der Waals surface area contributed by atoms with Crippen LogP contribution in [0, 0.1) is 0 Å². The van der Waals surface area contributed by atoms with E-state index in [1.54, 1.807) is 65.2 Å². The average molecular weight is 587 g/mol. The van der Waals surface area contributed by atoms with Gasteiger partial charge >= 0.3 is 0 Å². The van der Waals surface area contributed by atoms with E-state index >= 15 is 0 Å². The van der Waals surface area contributed by atoms with E-state index in [9.17, 15) is 8.22 Å². The summed E-state index contributed by atoms with van der Waals surface area (Å²) in [5, 5.41) is 1.68. The quantitative estimate of drug-likeness (QED) is 0.200. The highest BCUT2D eigenvalue weighted by atomic mass is 16.5. The van der Waals surface area contributed by atoms with Crippen molar-refractivity contribution in [3.05, 3.63) is 198 Å². The smallest absolute Gasteiger partial charge is 0.132 e. The molecule has 0 amide bonds. The Bertz CT molecular complexity index is 2870. The first kappa shape index (κ1) is 16.8. The molecule has 2 heteroatoms. The maximum Gasteiger partial charge on any atom is 0.132 e. The van der Waals surface area contributed by atoms with E-state index in [1.807, 2.05) is 48.5 Å². The van der Waals surface area contributed by atoms with Gasteiger partial charge in [0.1, 0.15) is 11.5 Å². The molecule has 2 nitrogen and oxygen atoms in total. The second kappa shape index (κ2) is 10.1. The van der Waals surface area contributed by atoms with Gasteiger partial charge in [-0.15, -0.1) is 0 Å². The van der Waals surface area contributed by atoms with Gasteiger partial charge in [-0.25, -0.2) is 0 Å². The molecule has 45 heavy (non-hydrogen) atoms. The summed E-state index contributed by atoms with van der Waals surface area (Å²) in [5.41, 5.74) is -0.173. The number of aromatic nitrogens is 1. The van der Waals surface area contributed by atoms with Crippen LogP contribution in [0.3, 0.4) is 0 Å². The highest BCUT2D eigenvalue weighted by Crippen LogP contribution is 2.55. The SMILES string of the molecule is [2H]c1c([2H])c([2H])c2c(c1[2H])Oc1c([2H])c([2H])c(-c3c([2H])c([2H])c([2H])c(-n4c5ccccc5c5ccccc54)c3[2H])c([2H])c1C2(c1ccccc1)c1ccccc1. The van der Waals surface area contributed by atoms with Crippen molar-refractivity contribution in [2.24, 2.45) is 0 Å². The zero-order chi connectivity index (χ0) is 39.4. The lowest BCUT2D eigenvalue weighted by atomic mass is 9.63. The molecule has 0 bridgehead atoms. The molecule has 7 aromatic carbocycles. The van der Waals surface area contributed by atoms with Gasteiger partial charge in [-0.05, 0) is 64.6 Å². The Balaban J connectivity index is 1.47. The Kier molecular flexibility index (Phi) is 3.78. The highest BCUT2D eigenvalue weighted by Gasteiger charge is 2.45. The van der Waals surface area contributed by atoms with Gasteiger partial charge in [0.05, 0.1) is 31.5 Å². The van der Waals surface area contributed by atoms with Crippen LogP contribution in [0.2, 0.25) is 0 Å². The summed E-state index contributed by atoms with van der Waals surface area (Å²) in [5.74, 6) is -0.530. The van der Waals surface area contributed by atoms with Crippen molar-refractivity contribution < 1.29 is 19.8 Å². The molecule has 0 atom stereocenters. The number of hydrogen-bond acceptors (Lipinski definition) is 1. The van der Waals surface area contributed by atoms with E-state index in [4.69, 9.17) is 11.6 Å². The number of rotatable bonds is 4. The number of fused-ring (bicyclic) bond motifs is 5. The standard InChI is InChI=1S/C43H29NO/c1-3-15-32(16-4-1)43(33-17-5-2-6-18-33)37-22-9-12-25-41(37)45-42-27-26-31(29-38(42)43)30-14-13-19-34(28-30)44-39-23-10-7-20-35(39)36-21-8-11-24-40(36)44/h1-29H/i9D,12D,13D,14D,19D,22D,25D,26D,27D,28D,29D. The Morgan fingerprint density at radius 2 is 1.07 bits per heavy atom. The van der Waals surface area contributed by atoms with Gasteiger partial charge in [0.2, 0.25) is 0 Å². The highest BCUT2D eigenvalue weighted by molar-refractivity contribution is 6.09. The van der Waals surface area contributed by atoms with Gasteiger partial charge in [0.15, 0.2) is 0 Å². The van der Waals surface area contributed by atoms with E-state index in [0.29, 0.717) is 22.2 Å². The number of nitrogens with zero attached hydrogens (tertiary/aromatic N) is 1.